The van der Waals surface area contributed by atoms with E-state index in [1.165, 1.54) is 0 Å². The molecule has 132 valence electrons. The molecule has 2 heterocycles. The normalized spacial score (nSPS) is 14.4. The van der Waals surface area contributed by atoms with Crippen molar-refractivity contribution in [1.82, 2.24) is 10.3 Å². The summed E-state index contributed by atoms with van der Waals surface area (Å²) in [5.41, 5.74) is 2.34. The van der Waals surface area contributed by atoms with E-state index < -0.39 is 0 Å². The van der Waals surface area contributed by atoms with Crippen LogP contribution in [0.3, 0.4) is 0 Å². The monoisotopic (exact) mass is 341 g/mol. The second-order valence-corrected chi connectivity index (χ2v) is 5.86. The van der Waals surface area contributed by atoms with Gasteiger partial charge in [-0.25, -0.2) is 4.98 Å². The minimum absolute atomic E-state index is 0.119. The molecule has 0 aliphatic carbocycles. The van der Waals surface area contributed by atoms with Crippen LogP contribution < -0.4 is 10.2 Å². The summed E-state index contributed by atoms with van der Waals surface area (Å²) in [4.78, 5) is 19.3. The number of amides is 1. The van der Waals surface area contributed by atoms with Gasteiger partial charge in [0.1, 0.15) is 5.82 Å². The van der Waals surface area contributed by atoms with Crippen molar-refractivity contribution in [2.75, 3.05) is 38.3 Å². The van der Waals surface area contributed by atoms with E-state index in [-0.39, 0.29) is 5.91 Å². The molecule has 0 atom stereocenters. The molecule has 0 saturated carbocycles. The summed E-state index contributed by atoms with van der Waals surface area (Å²) in [5, 5.41) is 2.94. The van der Waals surface area contributed by atoms with Crippen molar-refractivity contribution in [1.29, 1.82) is 0 Å². The number of rotatable bonds is 6. The van der Waals surface area contributed by atoms with E-state index in [0.29, 0.717) is 18.7 Å². The molecule has 0 unspecified atom stereocenters. The number of morpholine rings is 1. The fourth-order valence-corrected chi connectivity index (χ4v) is 2.82. The molecule has 1 amide bonds. The minimum Gasteiger partial charge on any atom is -0.380 e. The number of nitrogens with zero attached hydrogens (tertiary/aromatic N) is 2. The molecule has 2 aromatic rings. The lowest BCUT2D eigenvalue weighted by Crippen LogP contribution is -2.37. The first-order valence-corrected chi connectivity index (χ1v) is 8.41. The molecule has 1 saturated heterocycles. The second-order valence-electron chi connectivity index (χ2n) is 5.86. The Morgan fingerprint density at radius 2 is 2.00 bits per heavy atom. The van der Waals surface area contributed by atoms with Gasteiger partial charge in [0.25, 0.3) is 5.91 Å². The second kappa shape index (κ2) is 8.60. The van der Waals surface area contributed by atoms with Crippen molar-refractivity contribution < 1.29 is 14.3 Å². The van der Waals surface area contributed by atoms with E-state index in [2.05, 4.69) is 15.2 Å². The number of methoxy groups -OCH3 is 1. The highest BCUT2D eigenvalue weighted by Crippen LogP contribution is 2.14. The predicted octanol–water partition coefficient (Wildman–Crippen LogP) is 1.99. The molecule has 1 aromatic carbocycles. The van der Waals surface area contributed by atoms with Crippen molar-refractivity contribution >= 4 is 11.7 Å². The lowest BCUT2D eigenvalue weighted by atomic mass is 10.1. The standard InChI is InChI=1S/C19H23N3O3/c1-24-14-15-5-2-3-7-17(15)19(23)20-13-16-6-4-8-18(21-16)22-9-11-25-12-10-22/h2-8H,9-14H2,1H3,(H,20,23). The van der Waals surface area contributed by atoms with Crippen LogP contribution in [0.15, 0.2) is 42.5 Å². The number of aromatic nitrogens is 1. The van der Waals surface area contributed by atoms with Crippen LogP contribution >= 0.6 is 0 Å². The Labute approximate surface area is 147 Å². The zero-order valence-electron chi connectivity index (χ0n) is 14.4. The summed E-state index contributed by atoms with van der Waals surface area (Å²) in [7, 11) is 1.62. The van der Waals surface area contributed by atoms with Gasteiger partial charge in [-0.1, -0.05) is 24.3 Å². The van der Waals surface area contributed by atoms with Gasteiger partial charge in [-0.2, -0.15) is 0 Å². The van der Waals surface area contributed by atoms with Gasteiger partial charge >= 0.3 is 0 Å². The largest absolute Gasteiger partial charge is 0.380 e. The van der Waals surface area contributed by atoms with Gasteiger partial charge in [0.2, 0.25) is 0 Å². The summed E-state index contributed by atoms with van der Waals surface area (Å²) >= 11 is 0. The van der Waals surface area contributed by atoms with Crippen LogP contribution in [0.25, 0.3) is 0 Å². The molecule has 0 spiro atoms. The first-order valence-electron chi connectivity index (χ1n) is 8.41. The first kappa shape index (κ1) is 17.4. The van der Waals surface area contributed by atoms with E-state index in [4.69, 9.17) is 9.47 Å². The maximum atomic E-state index is 12.5. The van der Waals surface area contributed by atoms with Crippen molar-refractivity contribution in [2.45, 2.75) is 13.2 Å². The van der Waals surface area contributed by atoms with Crippen LogP contribution in [0.2, 0.25) is 0 Å². The average molecular weight is 341 g/mol. The molecule has 1 aliphatic rings. The highest BCUT2D eigenvalue weighted by atomic mass is 16.5. The first-order chi connectivity index (χ1) is 12.3. The Hall–Kier alpha value is -2.44. The number of anilines is 1. The lowest BCUT2D eigenvalue weighted by molar-refractivity contribution is 0.0945. The van der Waals surface area contributed by atoms with Crippen LogP contribution in [0.1, 0.15) is 21.6 Å². The predicted molar refractivity (Wildman–Crippen MR) is 95.6 cm³/mol. The SMILES string of the molecule is COCc1ccccc1C(=O)NCc1cccc(N2CCOCC2)n1. The number of hydrogen-bond donors (Lipinski definition) is 1. The van der Waals surface area contributed by atoms with E-state index >= 15 is 0 Å². The highest BCUT2D eigenvalue weighted by molar-refractivity contribution is 5.95. The van der Waals surface area contributed by atoms with Gasteiger partial charge in [-0.15, -0.1) is 0 Å². The Bertz CT molecular complexity index is 715. The number of nitrogens with one attached hydrogen (secondary N) is 1. The Morgan fingerprint density at radius 1 is 1.20 bits per heavy atom. The Kier molecular flexibility index (Phi) is 5.98. The van der Waals surface area contributed by atoms with E-state index in [1.807, 2.05) is 36.4 Å². The van der Waals surface area contributed by atoms with Gasteiger partial charge in [-0.3, -0.25) is 4.79 Å². The average Bonchev–Trinajstić information content (AvgIpc) is 2.68. The number of ether oxygens (including phenoxy) is 2. The molecule has 0 radical (unpaired) electrons. The summed E-state index contributed by atoms with van der Waals surface area (Å²) in [6, 6.07) is 13.3. The Balaban J connectivity index is 1.64. The molecule has 25 heavy (non-hydrogen) atoms. The van der Waals surface area contributed by atoms with Crippen LogP contribution in [0.5, 0.6) is 0 Å². The molecular formula is C19H23N3O3. The fraction of sp³-hybridized carbons (Fsp3) is 0.368. The number of carbonyl (C=O) groups excluding carboxylic acids is 1. The molecule has 1 aliphatic heterocycles. The zero-order chi connectivity index (χ0) is 17.5. The zero-order valence-corrected chi connectivity index (χ0v) is 14.4. The number of carbonyl (C=O) groups is 1. The van der Waals surface area contributed by atoms with Gasteiger partial charge < -0.3 is 19.7 Å². The third-order valence-corrected chi connectivity index (χ3v) is 4.12. The smallest absolute Gasteiger partial charge is 0.251 e. The molecular weight excluding hydrogens is 318 g/mol. The molecule has 6 nitrogen and oxygen atoms in total. The molecule has 1 N–H and O–H groups in total. The maximum absolute atomic E-state index is 12.5. The summed E-state index contributed by atoms with van der Waals surface area (Å²) in [6.07, 6.45) is 0. The van der Waals surface area contributed by atoms with Crippen molar-refractivity contribution in [3.8, 4) is 0 Å². The van der Waals surface area contributed by atoms with Crippen LogP contribution in [-0.2, 0) is 22.6 Å². The third kappa shape index (κ3) is 4.55. The lowest BCUT2D eigenvalue weighted by Gasteiger charge is -2.28. The van der Waals surface area contributed by atoms with E-state index in [1.54, 1.807) is 13.2 Å². The molecule has 1 fully saturated rings. The van der Waals surface area contributed by atoms with Crippen LogP contribution in [0.4, 0.5) is 5.82 Å². The van der Waals surface area contributed by atoms with Gasteiger partial charge in [0.05, 0.1) is 32.1 Å². The minimum atomic E-state index is -0.119. The maximum Gasteiger partial charge on any atom is 0.251 e. The topological polar surface area (TPSA) is 63.7 Å². The van der Waals surface area contributed by atoms with Crippen LogP contribution in [0, 0.1) is 0 Å². The van der Waals surface area contributed by atoms with Gasteiger partial charge in [0, 0.05) is 25.8 Å². The number of benzene rings is 1. The molecule has 1 aromatic heterocycles. The number of pyridine rings is 1. The van der Waals surface area contributed by atoms with Crippen LogP contribution in [-0.4, -0.2) is 44.3 Å². The van der Waals surface area contributed by atoms with Gasteiger partial charge in [0.15, 0.2) is 0 Å². The van der Waals surface area contributed by atoms with E-state index in [0.717, 1.165) is 43.4 Å². The summed E-state index contributed by atoms with van der Waals surface area (Å²) < 4.78 is 10.5. The molecule has 3 rings (SSSR count). The van der Waals surface area contributed by atoms with Crippen molar-refractivity contribution in [3.63, 3.8) is 0 Å². The summed E-state index contributed by atoms with van der Waals surface area (Å²) in [6.45, 7) is 3.92. The molecule has 0 bridgehead atoms. The van der Waals surface area contributed by atoms with Gasteiger partial charge in [-0.05, 0) is 23.8 Å². The molecule has 6 heteroatoms. The quantitative estimate of drug-likeness (QED) is 0.871. The highest BCUT2D eigenvalue weighted by Gasteiger charge is 2.14. The van der Waals surface area contributed by atoms with Crippen molar-refractivity contribution in [3.05, 3.63) is 59.3 Å². The summed E-state index contributed by atoms with van der Waals surface area (Å²) in [5.74, 6) is 0.807. The fourth-order valence-electron chi connectivity index (χ4n) is 2.82. The number of hydrogen-bond acceptors (Lipinski definition) is 5. The van der Waals surface area contributed by atoms with Crippen molar-refractivity contribution in [2.24, 2.45) is 0 Å². The van der Waals surface area contributed by atoms with E-state index in [9.17, 15) is 4.79 Å². The third-order valence-electron chi connectivity index (χ3n) is 4.12. The Morgan fingerprint density at radius 3 is 2.80 bits per heavy atom.